The average molecular weight is 800 g/mol. The number of hydrogen-bond donors (Lipinski definition) is 0. The molecule has 0 aromatic carbocycles. The van der Waals surface area contributed by atoms with Crippen LogP contribution in [0.4, 0.5) is 0 Å². The fraction of sp³-hybridized carbons (Fsp3) is 0. The minimum atomic E-state index is -6.02. The molecule has 0 fully saturated rings. The molecule has 0 aromatic heterocycles. The molecule has 18 heavy (non-hydrogen) atoms. The van der Waals surface area contributed by atoms with E-state index in [1.165, 1.54) is 0 Å². The van der Waals surface area contributed by atoms with Crippen LogP contribution >= 0.6 is 0 Å². The predicted molar refractivity (Wildman–Crippen MR) is 9.87 cm³/mol. The SMILES string of the molecule is [Bi].[Fe+3].[Fe+3].[O]=[Mo](=[O])([O-])[O-].[O]=[Mo](=[O])([O-])[O-].[O]=[Mo](=[O])([O-])[O-]. The molecule has 0 N–H and O–H groups in total. The third kappa shape index (κ3) is 880. The van der Waals surface area contributed by atoms with E-state index in [0.29, 0.717) is 0 Å². The van der Waals surface area contributed by atoms with Gasteiger partial charge in [-0.1, -0.05) is 0 Å². The van der Waals surface area contributed by atoms with Crippen LogP contribution in [-0.2, 0) is 105 Å². The molecule has 111 valence electrons. The molecule has 12 nitrogen and oxygen atoms in total. The van der Waals surface area contributed by atoms with Gasteiger partial charge in [-0.15, -0.1) is 0 Å². The molecule has 0 atom stereocenters. The maximum atomic E-state index is 8.63. The molecule has 0 aliphatic rings. The van der Waals surface area contributed by atoms with Gasteiger partial charge in [-0.3, -0.25) is 0 Å². The van der Waals surface area contributed by atoms with Crippen LogP contribution in [0.1, 0.15) is 0 Å². The van der Waals surface area contributed by atoms with Crippen LogP contribution < -0.4 is 22.6 Å². The summed E-state index contributed by atoms with van der Waals surface area (Å²) >= 11 is -18.1. The van der Waals surface area contributed by atoms with Crippen molar-refractivity contribution in [3.05, 3.63) is 0 Å². The Morgan fingerprint density at radius 2 is 0.444 bits per heavy atom. The summed E-state index contributed by atoms with van der Waals surface area (Å²) in [6.45, 7) is 0. The van der Waals surface area contributed by atoms with Gasteiger partial charge in [0.05, 0.1) is 0 Å². The van der Waals surface area contributed by atoms with E-state index in [1.807, 2.05) is 0 Å². The van der Waals surface area contributed by atoms with E-state index in [4.69, 9.17) is 42.9 Å². The third-order valence-electron chi connectivity index (χ3n) is 0. The normalized spacial score (nSPS) is 9.67. The maximum absolute atomic E-state index is 8.63. The molecule has 0 spiro atoms. The number of rotatable bonds is 0. The van der Waals surface area contributed by atoms with Crippen LogP contribution in [0.2, 0.25) is 0 Å². The Morgan fingerprint density at radius 3 is 0.444 bits per heavy atom. The second kappa shape index (κ2) is 15.9. The molecule has 0 aliphatic heterocycles. The molecule has 0 saturated carbocycles. The van der Waals surface area contributed by atoms with Crippen molar-refractivity contribution in [1.82, 2.24) is 0 Å². The van der Waals surface area contributed by atoms with E-state index in [2.05, 4.69) is 0 Å². The minimum absolute atomic E-state index is 0. The molecule has 0 amide bonds. The van der Waals surface area contributed by atoms with Gasteiger partial charge >= 0.3 is 127 Å². The van der Waals surface area contributed by atoms with Gasteiger partial charge in [0.25, 0.3) is 0 Å². The molecule has 0 saturated heterocycles. The van der Waals surface area contributed by atoms with Gasteiger partial charge < -0.3 is 0 Å². The van der Waals surface area contributed by atoms with E-state index < -0.39 is 50.2 Å². The summed E-state index contributed by atoms with van der Waals surface area (Å²) in [7, 11) is 0. The van der Waals surface area contributed by atoms with Crippen molar-refractivity contribution in [1.29, 1.82) is 0 Å². The zero-order valence-corrected chi connectivity index (χ0v) is 19.0. The third-order valence-corrected chi connectivity index (χ3v) is 0. The van der Waals surface area contributed by atoms with Gasteiger partial charge in [0.2, 0.25) is 0 Å². The van der Waals surface area contributed by atoms with Crippen molar-refractivity contribution in [3.8, 4) is 0 Å². The first-order chi connectivity index (χ1) is 6.00. The summed E-state index contributed by atoms with van der Waals surface area (Å²) in [4.78, 5) is 0. The molecule has 0 aliphatic carbocycles. The van der Waals surface area contributed by atoms with Crippen molar-refractivity contribution < 1.29 is 127 Å². The summed E-state index contributed by atoms with van der Waals surface area (Å²) in [5.41, 5.74) is 0. The molecule has 0 heterocycles. The Hall–Kier alpha value is 2.55. The van der Waals surface area contributed by atoms with E-state index in [0.717, 1.165) is 0 Å². The van der Waals surface area contributed by atoms with Crippen LogP contribution in [0, 0.1) is 0 Å². The van der Waals surface area contributed by atoms with Gasteiger partial charge in [0.1, 0.15) is 0 Å². The Kier molecular flexibility index (Phi) is 32.8. The van der Waals surface area contributed by atoms with Crippen molar-refractivity contribution in [2.75, 3.05) is 0 Å². The fourth-order valence-corrected chi connectivity index (χ4v) is 0. The summed E-state index contributed by atoms with van der Waals surface area (Å²) in [6, 6.07) is 0. The van der Waals surface area contributed by atoms with Crippen molar-refractivity contribution >= 4 is 26.2 Å². The second-order valence-electron chi connectivity index (χ2n) is 1.22. The van der Waals surface area contributed by atoms with Crippen LogP contribution in [-0.4, -0.2) is 26.2 Å². The zero-order chi connectivity index (χ0) is 13.5. The Labute approximate surface area is 151 Å². The Morgan fingerprint density at radius 1 is 0.444 bits per heavy atom. The zero-order valence-electron chi connectivity index (χ0n) is 7.28. The van der Waals surface area contributed by atoms with Gasteiger partial charge in [-0.05, 0) is 0 Å². The second-order valence-corrected chi connectivity index (χ2v) is 7.25. The quantitative estimate of drug-likeness (QED) is 0.208. The monoisotopic (exact) mass is 807 g/mol. The molecule has 0 aromatic rings. The van der Waals surface area contributed by atoms with Gasteiger partial charge in [0.15, 0.2) is 0 Å². The molecular formula is BiFe2Mo3O12. The summed E-state index contributed by atoms with van der Waals surface area (Å²) in [5.74, 6) is 0. The summed E-state index contributed by atoms with van der Waals surface area (Å²) < 4.78 is 104. The summed E-state index contributed by atoms with van der Waals surface area (Å²) in [5, 5.41) is 0. The van der Waals surface area contributed by atoms with E-state index in [-0.39, 0.29) is 60.3 Å². The molecule has 0 bridgehead atoms. The molecule has 0 unspecified atom stereocenters. The van der Waals surface area contributed by atoms with E-state index in [1.54, 1.807) is 0 Å². The molecule has 0 rings (SSSR count). The van der Waals surface area contributed by atoms with Crippen LogP contribution in [0.15, 0.2) is 0 Å². The van der Waals surface area contributed by atoms with E-state index >= 15 is 0 Å². The van der Waals surface area contributed by atoms with Gasteiger partial charge in [0, 0.05) is 26.2 Å². The molecule has 5 radical (unpaired) electrons. The fourth-order valence-electron chi connectivity index (χ4n) is 0. The topological polar surface area (TPSA) is 241 Å². The molecule has 18 heteroatoms. The van der Waals surface area contributed by atoms with Crippen molar-refractivity contribution in [3.63, 3.8) is 0 Å². The Balaban J connectivity index is -0.0000000277. The van der Waals surface area contributed by atoms with E-state index in [9.17, 15) is 0 Å². The molecular weight excluding hydrogens is 800 g/mol. The van der Waals surface area contributed by atoms with Gasteiger partial charge in [-0.2, -0.15) is 0 Å². The first-order valence-electron chi connectivity index (χ1n) is 2.00. The average Bonchev–Trinajstić information content (AvgIpc) is 1.41. The van der Waals surface area contributed by atoms with Crippen LogP contribution in [0.25, 0.3) is 0 Å². The number of hydrogen-bond acceptors (Lipinski definition) is 12. The standard InChI is InChI=1S/Bi.2Fe.3Mo.12O/q;2*+3;;;;;;;;;;6*-1. The van der Waals surface area contributed by atoms with Crippen molar-refractivity contribution in [2.24, 2.45) is 0 Å². The van der Waals surface area contributed by atoms with Gasteiger partial charge in [-0.25, -0.2) is 0 Å². The Bertz CT molecular complexity index is 346. The predicted octanol–water partition coefficient (Wildman–Crippen LogP) is -8.24. The first-order valence-corrected chi connectivity index (χ1v) is 11.8. The van der Waals surface area contributed by atoms with Crippen LogP contribution in [0.3, 0.4) is 0 Å². The first kappa shape index (κ1) is 37.1. The van der Waals surface area contributed by atoms with Crippen molar-refractivity contribution in [2.45, 2.75) is 0 Å². The summed E-state index contributed by atoms with van der Waals surface area (Å²) in [6.07, 6.45) is 0. The van der Waals surface area contributed by atoms with Crippen LogP contribution in [0.5, 0.6) is 0 Å².